The zero-order valence-corrected chi connectivity index (χ0v) is 20.7. The first-order chi connectivity index (χ1) is 17.5. The van der Waals surface area contributed by atoms with E-state index >= 15 is 0 Å². The molecule has 7 nitrogen and oxygen atoms in total. The molecule has 0 saturated heterocycles. The smallest absolute Gasteiger partial charge is 0.252 e. The molecule has 2 heterocycles. The normalized spacial score (nSPS) is 11.4. The number of aryl methyl sites for hydroxylation is 4. The standard InChI is InChI=1S/C29H30N6O/c1-21-15-22(2)26-17-25(29(36)30-27(26)16-21)19-34(18-24-11-7-4-8-12-24)20-28-31-32-33-35(28)14-13-23-9-5-3-6-10-23/h3-12,15-17H,13-14,18-20H2,1-2H3,(H,30,36). The molecule has 0 aliphatic carbocycles. The van der Waals surface area contributed by atoms with Crippen molar-refractivity contribution in [3.8, 4) is 0 Å². The van der Waals surface area contributed by atoms with E-state index in [1.165, 1.54) is 11.1 Å². The molecule has 0 aliphatic heterocycles. The molecule has 0 aliphatic rings. The first-order valence-electron chi connectivity index (χ1n) is 12.2. The molecule has 0 spiro atoms. The molecular weight excluding hydrogens is 448 g/mol. The summed E-state index contributed by atoms with van der Waals surface area (Å²) in [6.45, 7) is 6.51. The molecule has 0 atom stereocenters. The fourth-order valence-corrected chi connectivity index (χ4v) is 4.67. The Hall–Kier alpha value is -4.10. The summed E-state index contributed by atoms with van der Waals surface area (Å²) in [5, 5.41) is 13.6. The molecule has 182 valence electrons. The lowest BCUT2D eigenvalue weighted by Crippen LogP contribution is -2.28. The van der Waals surface area contributed by atoms with Crippen LogP contribution in [0.3, 0.4) is 0 Å². The Morgan fingerprint density at radius 3 is 2.33 bits per heavy atom. The Kier molecular flexibility index (Phi) is 7.00. The fraction of sp³-hybridized carbons (Fsp3) is 0.241. The van der Waals surface area contributed by atoms with Gasteiger partial charge in [-0.05, 0) is 65.1 Å². The van der Waals surface area contributed by atoms with Gasteiger partial charge in [-0.25, -0.2) is 4.68 Å². The van der Waals surface area contributed by atoms with Gasteiger partial charge in [-0.3, -0.25) is 9.69 Å². The number of fused-ring (bicyclic) bond motifs is 1. The van der Waals surface area contributed by atoms with Crippen LogP contribution < -0.4 is 5.56 Å². The summed E-state index contributed by atoms with van der Waals surface area (Å²) < 4.78 is 1.86. The van der Waals surface area contributed by atoms with Crippen molar-refractivity contribution >= 4 is 10.9 Å². The topological polar surface area (TPSA) is 79.7 Å². The van der Waals surface area contributed by atoms with E-state index in [1.807, 2.05) is 60.1 Å². The summed E-state index contributed by atoms with van der Waals surface area (Å²) in [5.41, 5.74) is 6.25. The van der Waals surface area contributed by atoms with Crippen molar-refractivity contribution in [2.24, 2.45) is 0 Å². The van der Waals surface area contributed by atoms with E-state index in [4.69, 9.17) is 0 Å². The van der Waals surface area contributed by atoms with Crippen LogP contribution in [0, 0.1) is 13.8 Å². The van der Waals surface area contributed by atoms with Gasteiger partial charge in [0.1, 0.15) is 0 Å². The van der Waals surface area contributed by atoms with Crippen LogP contribution in [0.15, 0.2) is 83.7 Å². The van der Waals surface area contributed by atoms with Gasteiger partial charge in [-0.1, -0.05) is 66.7 Å². The van der Waals surface area contributed by atoms with Crippen molar-refractivity contribution in [2.75, 3.05) is 0 Å². The van der Waals surface area contributed by atoms with Crippen molar-refractivity contribution < 1.29 is 0 Å². The molecular formula is C29H30N6O. The maximum absolute atomic E-state index is 13.0. The van der Waals surface area contributed by atoms with Gasteiger partial charge in [0.2, 0.25) is 0 Å². The second kappa shape index (κ2) is 10.7. The van der Waals surface area contributed by atoms with Gasteiger partial charge in [0.25, 0.3) is 5.56 Å². The number of hydrogen-bond acceptors (Lipinski definition) is 5. The minimum absolute atomic E-state index is 0.0609. The molecule has 3 aromatic carbocycles. The van der Waals surface area contributed by atoms with Gasteiger partial charge in [-0.2, -0.15) is 0 Å². The van der Waals surface area contributed by atoms with E-state index in [1.54, 1.807) is 0 Å². The number of H-pyrrole nitrogens is 1. The molecule has 5 aromatic rings. The molecule has 0 amide bonds. The van der Waals surface area contributed by atoms with E-state index in [0.717, 1.165) is 39.8 Å². The summed E-state index contributed by atoms with van der Waals surface area (Å²) >= 11 is 0. The monoisotopic (exact) mass is 478 g/mol. The molecule has 2 aromatic heterocycles. The van der Waals surface area contributed by atoms with E-state index < -0.39 is 0 Å². The third-order valence-corrected chi connectivity index (χ3v) is 6.46. The molecule has 5 rings (SSSR count). The largest absolute Gasteiger partial charge is 0.322 e. The maximum atomic E-state index is 13.0. The summed E-state index contributed by atoms with van der Waals surface area (Å²) in [4.78, 5) is 18.4. The molecule has 0 bridgehead atoms. The Labute approximate surface area is 210 Å². The second-order valence-electron chi connectivity index (χ2n) is 9.35. The van der Waals surface area contributed by atoms with Gasteiger partial charge in [-0.15, -0.1) is 5.10 Å². The highest BCUT2D eigenvalue weighted by Crippen LogP contribution is 2.20. The average Bonchev–Trinajstić information content (AvgIpc) is 3.31. The highest BCUT2D eigenvalue weighted by Gasteiger charge is 2.16. The number of nitrogens with one attached hydrogen (secondary N) is 1. The summed E-state index contributed by atoms with van der Waals surface area (Å²) in [5.74, 6) is 0.783. The second-order valence-corrected chi connectivity index (χ2v) is 9.35. The predicted molar refractivity (Wildman–Crippen MR) is 141 cm³/mol. The zero-order valence-electron chi connectivity index (χ0n) is 20.7. The minimum atomic E-state index is -0.0609. The molecule has 1 N–H and O–H groups in total. The third kappa shape index (κ3) is 5.58. The van der Waals surface area contributed by atoms with Crippen LogP contribution >= 0.6 is 0 Å². The van der Waals surface area contributed by atoms with Crippen LogP contribution in [0.25, 0.3) is 10.9 Å². The first kappa shape index (κ1) is 23.6. The van der Waals surface area contributed by atoms with E-state index in [-0.39, 0.29) is 5.56 Å². The Balaban J connectivity index is 1.41. The van der Waals surface area contributed by atoms with Crippen LogP contribution in [0.2, 0.25) is 0 Å². The number of hydrogen-bond donors (Lipinski definition) is 1. The molecule has 0 radical (unpaired) electrons. The van der Waals surface area contributed by atoms with Gasteiger partial charge in [0, 0.05) is 36.1 Å². The molecule has 0 saturated carbocycles. The van der Waals surface area contributed by atoms with Crippen LogP contribution in [0.1, 0.15) is 33.6 Å². The maximum Gasteiger partial charge on any atom is 0.252 e. The highest BCUT2D eigenvalue weighted by molar-refractivity contribution is 5.83. The lowest BCUT2D eigenvalue weighted by atomic mass is 10.0. The Morgan fingerprint density at radius 1 is 0.861 bits per heavy atom. The van der Waals surface area contributed by atoms with Gasteiger partial charge >= 0.3 is 0 Å². The van der Waals surface area contributed by atoms with Gasteiger partial charge < -0.3 is 4.98 Å². The number of tetrazole rings is 1. The Bertz CT molecular complexity index is 1510. The van der Waals surface area contributed by atoms with E-state index in [0.29, 0.717) is 26.2 Å². The zero-order chi connectivity index (χ0) is 24.9. The summed E-state index contributed by atoms with van der Waals surface area (Å²) in [6.07, 6.45) is 0.848. The number of rotatable bonds is 9. The van der Waals surface area contributed by atoms with Crippen molar-refractivity contribution in [3.63, 3.8) is 0 Å². The van der Waals surface area contributed by atoms with Gasteiger partial charge in [0.15, 0.2) is 5.82 Å². The van der Waals surface area contributed by atoms with Crippen LogP contribution in [-0.2, 0) is 32.6 Å². The van der Waals surface area contributed by atoms with E-state index in [2.05, 4.69) is 62.7 Å². The van der Waals surface area contributed by atoms with Crippen molar-refractivity contribution in [3.05, 3.63) is 123 Å². The van der Waals surface area contributed by atoms with Crippen LogP contribution in [0.5, 0.6) is 0 Å². The van der Waals surface area contributed by atoms with E-state index in [9.17, 15) is 4.79 Å². The average molecular weight is 479 g/mol. The Morgan fingerprint density at radius 2 is 1.58 bits per heavy atom. The molecule has 7 heteroatoms. The fourth-order valence-electron chi connectivity index (χ4n) is 4.67. The third-order valence-electron chi connectivity index (χ3n) is 6.46. The lowest BCUT2D eigenvalue weighted by Gasteiger charge is -2.22. The molecule has 36 heavy (non-hydrogen) atoms. The number of aromatic nitrogens is 5. The summed E-state index contributed by atoms with van der Waals surface area (Å²) in [7, 11) is 0. The number of nitrogens with zero attached hydrogens (tertiary/aromatic N) is 5. The SMILES string of the molecule is Cc1cc(C)c2cc(CN(Cc3ccccc3)Cc3nnnn3CCc3ccccc3)c(=O)[nH]c2c1. The quantitative estimate of drug-likeness (QED) is 0.336. The molecule has 0 unspecified atom stereocenters. The summed E-state index contributed by atoms with van der Waals surface area (Å²) in [6, 6.07) is 26.8. The van der Waals surface area contributed by atoms with Gasteiger partial charge in [0.05, 0.1) is 6.54 Å². The predicted octanol–water partition coefficient (Wildman–Crippen LogP) is 4.58. The van der Waals surface area contributed by atoms with Crippen molar-refractivity contribution in [2.45, 2.75) is 46.4 Å². The minimum Gasteiger partial charge on any atom is -0.322 e. The van der Waals surface area contributed by atoms with Crippen molar-refractivity contribution in [1.82, 2.24) is 30.1 Å². The first-order valence-corrected chi connectivity index (χ1v) is 12.2. The van der Waals surface area contributed by atoms with Crippen LogP contribution in [-0.4, -0.2) is 30.1 Å². The van der Waals surface area contributed by atoms with Crippen molar-refractivity contribution in [1.29, 1.82) is 0 Å². The lowest BCUT2D eigenvalue weighted by molar-refractivity contribution is 0.235. The number of benzene rings is 3. The number of aromatic amines is 1. The van der Waals surface area contributed by atoms with Crippen LogP contribution in [0.4, 0.5) is 0 Å². The molecule has 0 fully saturated rings. The highest BCUT2D eigenvalue weighted by atomic mass is 16.1. The number of pyridine rings is 1.